The van der Waals surface area contributed by atoms with Crippen molar-refractivity contribution in [2.24, 2.45) is 12.1 Å². The number of hydrazone groups is 1. The van der Waals surface area contributed by atoms with E-state index in [-0.39, 0.29) is 5.56 Å². The highest BCUT2D eigenvalue weighted by atomic mass is 16.2. The topological polar surface area (TPSA) is 70.5 Å². The average molecular weight is 210 g/mol. The largest absolute Gasteiger partial charge is 0.328 e. The molecule has 1 aromatic rings. The van der Waals surface area contributed by atoms with Gasteiger partial charge in [0.25, 0.3) is 5.56 Å². The minimum absolute atomic E-state index is 0.346. The Morgan fingerprint density at radius 1 is 1.40 bits per heavy atom. The van der Waals surface area contributed by atoms with Gasteiger partial charge in [0.1, 0.15) is 0 Å². The van der Waals surface area contributed by atoms with Gasteiger partial charge in [-0.05, 0) is 6.92 Å². The molecule has 1 N–H and O–H groups in total. The summed E-state index contributed by atoms with van der Waals surface area (Å²) in [4.78, 5) is 25.4. The fourth-order valence-corrected chi connectivity index (χ4v) is 1.07. The van der Waals surface area contributed by atoms with Gasteiger partial charge in [-0.2, -0.15) is 5.10 Å². The highest BCUT2D eigenvalue weighted by Crippen LogP contribution is 1.91. The van der Waals surface area contributed by atoms with Crippen LogP contribution in [0.25, 0.3) is 0 Å². The molecule has 82 valence electrons. The molecule has 0 saturated heterocycles. The molecule has 0 spiro atoms. The summed E-state index contributed by atoms with van der Waals surface area (Å²) in [6, 6.07) is 0. The second-order valence-corrected chi connectivity index (χ2v) is 3.42. The maximum Gasteiger partial charge on any atom is 0.328 e. The van der Waals surface area contributed by atoms with Crippen LogP contribution in [0.5, 0.6) is 0 Å². The second kappa shape index (κ2) is 4.12. The van der Waals surface area contributed by atoms with Gasteiger partial charge >= 0.3 is 5.69 Å². The zero-order valence-electron chi connectivity index (χ0n) is 9.24. The van der Waals surface area contributed by atoms with Crippen molar-refractivity contribution >= 4 is 6.21 Å². The molecule has 6 nitrogen and oxygen atoms in total. The van der Waals surface area contributed by atoms with E-state index in [9.17, 15) is 9.59 Å². The lowest BCUT2D eigenvalue weighted by Crippen LogP contribution is -2.36. The summed E-state index contributed by atoms with van der Waals surface area (Å²) in [7, 11) is 4.93. The molecule has 0 radical (unpaired) electrons. The van der Waals surface area contributed by atoms with Crippen LogP contribution in [0.4, 0.5) is 0 Å². The van der Waals surface area contributed by atoms with Crippen LogP contribution in [0.3, 0.4) is 0 Å². The van der Waals surface area contributed by atoms with Crippen molar-refractivity contribution in [2.75, 3.05) is 14.1 Å². The quantitative estimate of drug-likeness (QED) is 0.517. The van der Waals surface area contributed by atoms with E-state index in [1.54, 1.807) is 26.0 Å². The van der Waals surface area contributed by atoms with E-state index in [1.807, 2.05) is 0 Å². The smallest absolute Gasteiger partial charge is 0.311 e. The zero-order valence-corrected chi connectivity index (χ0v) is 9.24. The fourth-order valence-electron chi connectivity index (χ4n) is 1.07. The first kappa shape index (κ1) is 11.2. The highest BCUT2D eigenvalue weighted by Gasteiger charge is 2.06. The van der Waals surface area contributed by atoms with E-state index in [4.69, 9.17) is 0 Å². The van der Waals surface area contributed by atoms with E-state index in [0.717, 1.165) is 4.57 Å². The Morgan fingerprint density at radius 3 is 2.53 bits per heavy atom. The fraction of sp³-hybridized carbons (Fsp3) is 0.444. The molecule has 1 aromatic heterocycles. The van der Waals surface area contributed by atoms with Crippen LogP contribution in [0.15, 0.2) is 14.7 Å². The van der Waals surface area contributed by atoms with Crippen molar-refractivity contribution in [3.05, 3.63) is 32.1 Å². The van der Waals surface area contributed by atoms with Crippen LogP contribution < -0.4 is 11.2 Å². The third-order valence-corrected chi connectivity index (χ3v) is 1.96. The molecule has 0 unspecified atom stereocenters. The standard InChI is InChI=1S/C9H14N4O2/c1-6-7(5-10-12(2)3)8(14)13(4)9(15)11-6/h5H,1-4H3,(H,11,15)/b10-5+. The van der Waals surface area contributed by atoms with Gasteiger partial charge in [-0.25, -0.2) is 4.79 Å². The third-order valence-electron chi connectivity index (χ3n) is 1.96. The molecule has 0 bridgehead atoms. The van der Waals surface area contributed by atoms with Crippen LogP contribution in [-0.4, -0.2) is 34.9 Å². The molecular weight excluding hydrogens is 196 g/mol. The molecule has 0 aliphatic carbocycles. The van der Waals surface area contributed by atoms with E-state index < -0.39 is 5.69 Å². The summed E-state index contributed by atoms with van der Waals surface area (Å²) in [6.07, 6.45) is 1.44. The Kier molecular flexibility index (Phi) is 3.08. The first-order chi connectivity index (χ1) is 6.93. The molecular formula is C9H14N4O2. The molecule has 0 saturated carbocycles. The van der Waals surface area contributed by atoms with Crippen LogP contribution in [0, 0.1) is 6.92 Å². The Hall–Kier alpha value is -1.85. The average Bonchev–Trinajstić information content (AvgIpc) is 2.14. The Labute approximate surface area is 86.9 Å². The number of nitrogens with zero attached hydrogens (tertiary/aromatic N) is 3. The van der Waals surface area contributed by atoms with Crippen molar-refractivity contribution in [2.45, 2.75) is 6.92 Å². The lowest BCUT2D eigenvalue weighted by atomic mass is 10.2. The van der Waals surface area contributed by atoms with E-state index >= 15 is 0 Å². The number of aromatic amines is 1. The number of rotatable bonds is 2. The molecule has 0 amide bonds. The number of H-pyrrole nitrogens is 1. The maximum absolute atomic E-state index is 11.7. The van der Waals surface area contributed by atoms with Gasteiger partial charge in [0.15, 0.2) is 0 Å². The first-order valence-corrected chi connectivity index (χ1v) is 4.44. The molecule has 0 aliphatic heterocycles. The van der Waals surface area contributed by atoms with Crippen molar-refractivity contribution in [3.8, 4) is 0 Å². The van der Waals surface area contributed by atoms with Crippen molar-refractivity contribution in [3.63, 3.8) is 0 Å². The summed E-state index contributed by atoms with van der Waals surface area (Å²) >= 11 is 0. The highest BCUT2D eigenvalue weighted by molar-refractivity contribution is 5.80. The lowest BCUT2D eigenvalue weighted by molar-refractivity contribution is 0.440. The molecule has 1 rings (SSSR count). The van der Waals surface area contributed by atoms with Gasteiger partial charge < -0.3 is 9.99 Å². The first-order valence-electron chi connectivity index (χ1n) is 4.44. The Balaban J connectivity index is 3.37. The summed E-state index contributed by atoms with van der Waals surface area (Å²) in [6.45, 7) is 1.67. The summed E-state index contributed by atoms with van der Waals surface area (Å²) in [5, 5.41) is 5.53. The summed E-state index contributed by atoms with van der Waals surface area (Å²) in [5.41, 5.74) is 0.154. The van der Waals surface area contributed by atoms with E-state index in [1.165, 1.54) is 13.3 Å². The molecule has 0 fully saturated rings. The molecule has 0 aliphatic rings. The van der Waals surface area contributed by atoms with Crippen LogP contribution in [0.2, 0.25) is 0 Å². The predicted molar refractivity (Wildman–Crippen MR) is 58.3 cm³/mol. The minimum atomic E-state index is -0.417. The molecule has 1 heterocycles. The van der Waals surface area contributed by atoms with Crippen LogP contribution >= 0.6 is 0 Å². The monoisotopic (exact) mass is 210 g/mol. The number of hydrogen-bond acceptors (Lipinski definition) is 4. The second-order valence-electron chi connectivity index (χ2n) is 3.42. The predicted octanol–water partition coefficient (Wildman–Crippen LogP) is -0.722. The summed E-state index contributed by atoms with van der Waals surface area (Å²) < 4.78 is 1.02. The van der Waals surface area contributed by atoms with Gasteiger partial charge in [-0.15, -0.1) is 0 Å². The number of aromatic nitrogens is 2. The number of aryl methyl sites for hydroxylation is 1. The molecule has 6 heteroatoms. The van der Waals surface area contributed by atoms with Gasteiger partial charge in [0, 0.05) is 26.8 Å². The van der Waals surface area contributed by atoms with Crippen LogP contribution in [-0.2, 0) is 7.05 Å². The van der Waals surface area contributed by atoms with Gasteiger partial charge in [-0.3, -0.25) is 9.36 Å². The third kappa shape index (κ3) is 2.34. The van der Waals surface area contributed by atoms with Gasteiger partial charge in [0.2, 0.25) is 0 Å². The lowest BCUT2D eigenvalue weighted by Gasteiger charge is -2.04. The number of hydrogen-bond donors (Lipinski definition) is 1. The van der Waals surface area contributed by atoms with Crippen molar-refractivity contribution in [1.82, 2.24) is 14.6 Å². The van der Waals surface area contributed by atoms with Crippen molar-refractivity contribution in [1.29, 1.82) is 0 Å². The van der Waals surface area contributed by atoms with Crippen molar-refractivity contribution < 1.29 is 0 Å². The van der Waals surface area contributed by atoms with Crippen LogP contribution in [0.1, 0.15) is 11.3 Å². The Morgan fingerprint density at radius 2 is 2.00 bits per heavy atom. The zero-order chi connectivity index (χ0) is 11.6. The Bertz CT molecular complexity index is 496. The summed E-state index contributed by atoms with van der Waals surface area (Å²) in [5.74, 6) is 0. The maximum atomic E-state index is 11.7. The normalized spacial score (nSPS) is 10.9. The minimum Gasteiger partial charge on any atom is -0.311 e. The molecule has 15 heavy (non-hydrogen) atoms. The SMILES string of the molecule is Cc1[nH]c(=O)n(C)c(=O)c1/C=N/N(C)C. The van der Waals surface area contributed by atoms with Gasteiger partial charge in [-0.1, -0.05) is 0 Å². The van der Waals surface area contributed by atoms with E-state index in [2.05, 4.69) is 10.1 Å². The number of nitrogens with one attached hydrogen (secondary N) is 1. The molecule has 0 aromatic carbocycles. The van der Waals surface area contributed by atoms with E-state index in [0.29, 0.717) is 11.3 Å². The van der Waals surface area contributed by atoms with Gasteiger partial charge in [0.05, 0.1) is 11.8 Å². The molecule has 0 atom stereocenters.